The van der Waals surface area contributed by atoms with Gasteiger partial charge in [0.25, 0.3) is 0 Å². The van der Waals surface area contributed by atoms with Crippen LogP contribution in [-0.2, 0) is 0 Å². The van der Waals surface area contributed by atoms with Gasteiger partial charge in [0.15, 0.2) is 0 Å². The van der Waals surface area contributed by atoms with E-state index in [1.807, 2.05) is 6.92 Å². The van der Waals surface area contributed by atoms with Crippen molar-refractivity contribution >= 4 is 0 Å². The SMILES string of the molecule is CCC(O)CCNC(C)(C)C. The van der Waals surface area contributed by atoms with Gasteiger partial charge in [-0.25, -0.2) is 0 Å². The second-order valence-corrected chi connectivity index (χ2v) is 4.03. The fourth-order valence-corrected chi connectivity index (χ4v) is 0.818. The van der Waals surface area contributed by atoms with Crippen molar-refractivity contribution < 1.29 is 5.11 Å². The average molecular weight is 159 g/mol. The Morgan fingerprint density at radius 3 is 2.27 bits per heavy atom. The van der Waals surface area contributed by atoms with E-state index in [9.17, 15) is 5.11 Å². The largest absolute Gasteiger partial charge is 0.393 e. The second kappa shape index (κ2) is 4.73. The fourth-order valence-electron chi connectivity index (χ4n) is 0.818. The molecule has 0 aromatic heterocycles. The molecule has 1 atom stereocenters. The lowest BCUT2D eigenvalue weighted by Crippen LogP contribution is -2.37. The van der Waals surface area contributed by atoms with Gasteiger partial charge in [0.2, 0.25) is 0 Å². The quantitative estimate of drug-likeness (QED) is 0.652. The zero-order valence-electron chi connectivity index (χ0n) is 8.15. The van der Waals surface area contributed by atoms with Gasteiger partial charge in [-0.3, -0.25) is 0 Å². The van der Waals surface area contributed by atoms with Crippen LogP contribution < -0.4 is 5.32 Å². The van der Waals surface area contributed by atoms with Crippen molar-refractivity contribution in [3.05, 3.63) is 0 Å². The predicted molar refractivity (Wildman–Crippen MR) is 48.7 cm³/mol. The summed E-state index contributed by atoms with van der Waals surface area (Å²) in [4.78, 5) is 0. The summed E-state index contributed by atoms with van der Waals surface area (Å²) in [6.45, 7) is 9.29. The summed E-state index contributed by atoms with van der Waals surface area (Å²) in [7, 11) is 0. The zero-order chi connectivity index (χ0) is 8.91. The van der Waals surface area contributed by atoms with E-state index in [-0.39, 0.29) is 11.6 Å². The van der Waals surface area contributed by atoms with Crippen LogP contribution in [-0.4, -0.2) is 23.3 Å². The lowest BCUT2D eigenvalue weighted by molar-refractivity contribution is 0.156. The maximum atomic E-state index is 9.21. The van der Waals surface area contributed by atoms with Crippen LogP contribution in [0, 0.1) is 0 Å². The van der Waals surface area contributed by atoms with Crippen molar-refractivity contribution in [1.29, 1.82) is 0 Å². The molecule has 0 amide bonds. The first kappa shape index (κ1) is 10.9. The first-order valence-electron chi connectivity index (χ1n) is 4.39. The topological polar surface area (TPSA) is 32.3 Å². The average Bonchev–Trinajstić information content (AvgIpc) is 1.85. The van der Waals surface area contributed by atoms with E-state index in [2.05, 4.69) is 26.1 Å². The van der Waals surface area contributed by atoms with E-state index in [0.717, 1.165) is 19.4 Å². The van der Waals surface area contributed by atoms with Gasteiger partial charge in [-0.1, -0.05) is 6.92 Å². The monoisotopic (exact) mass is 159 g/mol. The van der Waals surface area contributed by atoms with Crippen molar-refractivity contribution in [2.45, 2.75) is 52.2 Å². The van der Waals surface area contributed by atoms with Gasteiger partial charge in [0.05, 0.1) is 6.10 Å². The summed E-state index contributed by atoms with van der Waals surface area (Å²) in [5.74, 6) is 0. The van der Waals surface area contributed by atoms with Crippen molar-refractivity contribution in [2.24, 2.45) is 0 Å². The standard InChI is InChI=1S/C9H21NO/c1-5-8(11)6-7-10-9(2,3)4/h8,10-11H,5-7H2,1-4H3. The van der Waals surface area contributed by atoms with Gasteiger partial charge in [-0.15, -0.1) is 0 Å². The van der Waals surface area contributed by atoms with Gasteiger partial charge in [0.1, 0.15) is 0 Å². The number of rotatable bonds is 4. The molecule has 0 saturated carbocycles. The van der Waals surface area contributed by atoms with E-state index in [4.69, 9.17) is 0 Å². The molecule has 0 rings (SSSR count). The molecule has 11 heavy (non-hydrogen) atoms. The third-order valence-corrected chi connectivity index (χ3v) is 1.60. The van der Waals surface area contributed by atoms with Crippen molar-refractivity contribution in [3.8, 4) is 0 Å². The number of aliphatic hydroxyl groups excluding tert-OH is 1. The molecule has 0 aliphatic heterocycles. The molecule has 0 aliphatic rings. The molecule has 0 spiro atoms. The molecule has 0 aromatic carbocycles. The van der Waals surface area contributed by atoms with Crippen LogP contribution in [0.4, 0.5) is 0 Å². The highest BCUT2D eigenvalue weighted by Gasteiger charge is 2.08. The highest BCUT2D eigenvalue weighted by molar-refractivity contribution is 4.70. The highest BCUT2D eigenvalue weighted by Crippen LogP contribution is 2.00. The van der Waals surface area contributed by atoms with E-state index < -0.39 is 0 Å². The first-order valence-corrected chi connectivity index (χ1v) is 4.39. The van der Waals surface area contributed by atoms with Crippen LogP contribution in [0.2, 0.25) is 0 Å². The number of hydrogen-bond donors (Lipinski definition) is 2. The van der Waals surface area contributed by atoms with E-state index in [0.29, 0.717) is 0 Å². The Hall–Kier alpha value is -0.0800. The smallest absolute Gasteiger partial charge is 0.0549 e. The van der Waals surface area contributed by atoms with Crippen molar-refractivity contribution in [1.82, 2.24) is 5.32 Å². The van der Waals surface area contributed by atoms with Gasteiger partial charge in [-0.05, 0) is 40.2 Å². The Bertz CT molecular complexity index is 96.2. The molecule has 2 heteroatoms. The number of nitrogens with one attached hydrogen (secondary N) is 1. The minimum atomic E-state index is -0.134. The first-order chi connectivity index (χ1) is 4.95. The van der Waals surface area contributed by atoms with E-state index in [1.54, 1.807) is 0 Å². The van der Waals surface area contributed by atoms with Crippen LogP contribution in [0.25, 0.3) is 0 Å². The summed E-state index contributed by atoms with van der Waals surface area (Å²) in [5, 5.41) is 12.5. The lowest BCUT2D eigenvalue weighted by atomic mass is 10.1. The molecule has 68 valence electrons. The molecule has 0 bridgehead atoms. The van der Waals surface area contributed by atoms with Crippen LogP contribution in [0.1, 0.15) is 40.5 Å². The maximum Gasteiger partial charge on any atom is 0.0549 e. The Labute approximate surface area is 70.0 Å². The fraction of sp³-hybridized carbons (Fsp3) is 1.00. The lowest BCUT2D eigenvalue weighted by Gasteiger charge is -2.21. The minimum absolute atomic E-state index is 0.134. The summed E-state index contributed by atoms with van der Waals surface area (Å²) in [6, 6.07) is 0. The summed E-state index contributed by atoms with van der Waals surface area (Å²) in [6.07, 6.45) is 1.57. The molecule has 0 saturated heterocycles. The normalized spacial score (nSPS) is 15.0. The molecule has 0 fully saturated rings. The molecule has 0 aliphatic carbocycles. The molecule has 2 N–H and O–H groups in total. The van der Waals surface area contributed by atoms with Crippen LogP contribution in [0.15, 0.2) is 0 Å². The third-order valence-electron chi connectivity index (χ3n) is 1.60. The number of hydrogen-bond acceptors (Lipinski definition) is 2. The Morgan fingerprint density at radius 1 is 1.36 bits per heavy atom. The van der Waals surface area contributed by atoms with Gasteiger partial charge < -0.3 is 10.4 Å². The molecule has 0 aromatic rings. The molecule has 0 heterocycles. The molecular weight excluding hydrogens is 138 g/mol. The van der Waals surface area contributed by atoms with Gasteiger partial charge in [0, 0.05) is 5.54 Å². The predicted octanol–water partition coefficient (Wildman–Crippen LogP) is 1.54. The van der Waals surface area contributed by atoms with E-state index in [1.165, 1.54) is 0 Å². The minimum Gasteiger partial charge on any atom is -0.393 e. The Morgan fingerprint density at radius 2 is 1.91 bits per heavy atom. The molecule has 0 radical (unpaired) electrons. The van der Waals surface area contributed by atoms with E-state index >= 15 is 0 Å². The molecule has 2 nitrogen and oxygen atoms in total. The Kier molecular flexibility index (Phi) is 4.69. The van der Waals surface area contributed by atoms with Gasteiger partial charge in [-0.2, -0.15) is 0 Å². The summed E-state index contributed by atoms with van der Waals surface area (Å²) in [5.41, 5.74) is 0.174. The summed E-state index contributed by atoms with van der Waals surface area (Å²) < 4.78 is 0. The second-order valence-electron chi connectivity index (χ2n) is 4.03. The van der Waals surface area contributed by atoms with Crippen LogP contribution in [0.3, 0.4) is 0 Å². The number of aliphatic hydroxyl groups is 1. The Balaban J connectivity index is 3.28. The van der Waals surface area contributed by atoms with Crippen LogP contribution in [0.5, 0.6) is 0 Å². The highest BCUT2D eigenvalue weighted by atomic mass is 16.3. The van der Waals surface area contributed by atoms with Crippen LogP contribution >= 0.6 is 0 Å². The van der Waals surface area contributed by atoms with Crippen molar-refractivity contribution in [3.63, 3.8) is 0 Å². The third kappa shape index (κ3) is 7.82. The maximum absolute atomic E-state index is 9.21. The summed E-state index contributed by atoms with van der Waals surface area (Å²) >= 11 is 0. The van der Waals surface area contributed by atoms with Gasteiger partial charge >= 0.3 is 0 Å². The van der Waals surface area contributed by atoms with Crippen molar-refractivity contribution in [2.75, 3.05) is 6.54 Å². The molecular formula is C9H21NO. The molecule has 1 unspecified atom stereocenters. The zero-order valence-corrected chi connectivity index (χ0v) is 8.15.